The van der Waals surface area contributed by atoms with Crippen LogP contribution in [0.3, 0.4) is 0 Å². The number of carbonyl (C=O) groups is 4. The van der Waals surface area contributed by atoms with Gasteiger partial charge in [-0.15, -0.1) is 0 Å². The van der Waals surface area contributed by atoms with Crippen LogP contribution in [-0.2, 0) is 44.3 Å². The van der Waals surface area contributed by atoms with Gasteiger partial charge in [-0.3, -0.25) is 9.59 Å². The third-order valence-electron chi connectivity index (χ3n) is 14.6. The number of carboxylic acids is 2. The molecule has 2 spiro atoms. The predicted molar refractivity (Wildman–Crippen MR) is 251 cm³/mol. The third kappa shape index (κ3) is 6.40. The summed E-state index contributed by atoms with van der Waals surface area (Å²) in [7, 11) is 0. The van der Waals surface area contributed by atoms with Gasteiger partial charge in [0.15, 0.2) is 0 Å². The van der Waals surface area contributed by atoms with Gasteiger partial charge in [-0.05, 0) is 119 Å². The van der Waals surface area contributed by atoms with E-state index in [0.29, 0.717) is 23.1 Å². The van der Waals surface area contributed by atoms with E-state index in [1.54, 1.807) is 36.4 Å². The topological polar surface area (TPSA) is 115 Å². The molecule has 2 heterocycles. The number of carbonyl (C=O) groups excluding carboxylic acids is 2. The summed E-state index contributed by atoms with van der Waals surface area (Å²) < 4.78 is 0. The number of carboxylic acid groups (broad SMARTS) is 2. The lowest BCUT2D eigenvalue weighted by Gasteiger charge is -2.27. The van der Waals surface area contributed by atoms with E-state index < -0.39 is 22.8 Å². The van der Waals surface area contributed by atoms with Crippen molar-refractivity contribution in [2.24, 2.45) is 11.8 Å². The SMILES string of the molecule is CC(C)[C@@]1(c2ccc(Cl)cc2)C[C@@]12C(=O)N(Cc1cccc(C(=O)O)c1)c1ccccc12.CC(C)[C@]1(c2ccc(Cl)cc2)C[C@]12C(=O)N(Cc1cccc(C(=O)O)c1)c1ccccc12. The summed E-state index contributed by atoms with van der Waals surface area (Å²) in [5.74, 6) is -1.28. The Morgan fingerprint density at radius 2 is 0.891 bits per heavy atom. The molecule has 2 aliphatic carbocycles. The Labute approximate surface area is 383 Å². The van der Waals surface area contributed by atoms with Gasteiger partial charge >= 0.3 is 11.9 Å². The fourth-order valence-electron chi connectivity index (χ4n) is 11.5. The van der Waals surface area contributed by atoms with Crippen molar-refractivity contribution < 1.29 is 29.4 Å². The number of fused-ring (bicyclic) bond motifs is 4. The zero-order chi connectivity index (χ0) is 45.3. The van der Waals surface area contributed by atoms with E-state index in [1.165, 1.54) is 0 Å². The highest BCUT2D eigenvalue weighted by Gasteiger charge is 2.78. The summed E-state index contributed by atoms with van der Waals surface area (Å²) in [6.07, 6.45) is 1.50. The molecule has 64 heavy (non-hydrogen) atoms. The van der Waals surface area contributed by atoms with Gasteiger partial charge in [-0.25, -0.2) is 9.59 Å². The first-order chi connectivity index (χ1) is 30.6. The number of benzene rings is 6. The first-order valence-corrected chi connectivity index (χ1v) is 22.4. The van der Waals surface area contributed by atoms with Crippen LogP contribution in [0.1, 0.15) is 94.6 Å². The molecule has 6 aromatic rings. The number of rotatable bonds is 10. The molecular formula is C54H48Cl2N2O6. The summed E-state index contributed by atoms with van der Waals surface area (Å²) in [6.45, 7) is 9.40. The Morgan fingerprint density at radius 3 is 1.23 bits per heavy atom. The normalized spacial score (nSPS) is 23.6. The molecule has 0 aromatic heterocycles. The van der Waals surface area contributed by atoms with Crippen molar-refractivity contribution in [2.75, 3.05) is 9.80 Å². The van der Waals surface area contributed by atoms with Crippen molar-refractivity contribution in [1.29, 1.82) is 0 Å². The standard InChI is InChI=1S/2C27H24ClNO3/c2*1-17(2)26(20-10-12-21(28)13-11-20)16-27(26)22-8-3-4-9-23(22)29(25(27)32)15-18-6-5-7-19(14-18)24(30)31/h2*3-14,17H,15-16H2,1-2H3,(H,30,31)/t2*26-,27-/m10/s1. The molecule has 2 fully saturated rings. The molecule has 324 valence electrons. The minimum atomic E-state index is -0.972. The number of amides is 2. The van der Waals surface area contributed by atoms with Crippen molar-refractivity contribution in [2.45, 2.75) is 75.3 Å². The number of aromatic carboxylic acids is 2. The highest BCUT2D eigenvalue weighted by atomic mass is 35.5. The highest BCUT2D eigenvalue weighted by Crippen LogP contribution is 2.74. The van der Waals surface area contributed by atoms with Crippen LogP contribution in [0.5, 0.6) is 0 Å². The molecule has 0 saturated heterocycles. The van der Waals surface area contributed by atoms with Crippen molar-refractivity contribution in [3.63, 3.8) is 0 Å². The summed E-state index contributed by atoms with van der Waals surface area (Å²) in [5.41, 5.74) is 6.42. The molecule has 2 saturated carbocycles. The van der Waals surface area contributed by atoms with Gasteiger partial charge in [0.2, 0.25) is 11.8 Å². The Hall–Kier alpha value is -6.22. The second kappa shape index (κ2) is 15.8. The van der Waals surface area contributed by atoms with E-state index in [-0.39, 0.29) is 45.6 Å². The maximum Gasteiger partial charge on any atom is 0.335 e. The second-order valence-electron chi connectivity index (χ2n) is 18.3. The Kier molecular flexibility index (Phi) is 10.6. The summed E-state index contributed by atoms with van der Waals surface area (Å²) in [4.78, 5) is 54.7. The molecule has 4 atom stereocenters. The van der Waals surface area contributed by atoms with E-state index in [4.69, 9.17) is 23.2 Å². The quantitative estimate of drug-likeness (QED) is 0.142. The monoisotopic (exact) mass is 890 g/mol. The lowest BCUT2D eigenvalue weighted by molar-refractivity contribution is -0.121. The largest absolute Gasteiger partial charge is 0.478 e. The fourth-order valence-corrected chi connectivity index (χ4v) is 11.8. The molecule has 6 aromatic carbocycles. The van der Waals surface area contributed by atoms with Crippen LogP contribution < -0.4 is 9.80 Å². The van der Waals surface area contributed by atoms with Gasteiger partial charge in [-0.2, -0.15) is 0 Å². The molecule has 4 aliphatic rings. The van der Waals surface area contributed by atoms with Crippen molar-refractivity contribution in [3.05, 3.63) is 200 Å². The van der Waals surface area contributed by atoms with Crippen LogP contribution in [0.25, 0.3) is 0 Å². The van der Waals surface area contributed by atoms with Crippen molar-refractivity contribution in [3.8, 4) is 0 Å². The average Bonchev–Trinajstić information content (AvgIpc) is 4.16. The number of halogens is 2. The maximum absolute atomic E-state index is 14.1. The van der Waals surface area contributed by atoms with Gasteiger partial charge in [0.05, 0.1) is 35.0 Å². The molecule has 8 nitrogen and oxygen atoms in total. The third-order valence-corrected chi connectivity index (χ3v) is 15.1. The minimum Gasteiger partial charge on any atom is -0.478 e. The minimum absolute atomic E-state index is 0.0862. The molecule has 0 radical (unpaired) electrons. The Balaban J connectivity index is 0.000000162. The summed E-state index contributed by atoms with van der Waals surface area (Å²) in [5, 5.41) is 20.1. The maximum atomic E-state index is 14.1. The number of hydrogen-bond acceptors (Lipinski definition) is 4. The smallest absolute Gasteiger partial charge is 0.335 e. The Bertz CT molecular complexity index is 2670. The zero-order valence-corrected chi connectivity index (χ0v) is 37.5. The van der Waals surface area contributed by atoms with Crippen LogP contribution in [0, 0.1) is 11.8 Å². The van der Waals surface area contributed by atoms with E-state index in [0.717, 1.165) is 57.6 Å². The Morgan fingerprint density at radius 1 is 0.531 bits per heavy atom. The molecular weight excluding hydrogens is 844 g/mol. The van der Waals surface area contributed by atoms with Gasteiger partial charge in [0.25, 0.3) is 0 Å². The molecule has 0 bridgehead atoms. The first-order valence-electron chi connectivity index (χ1n) is 21.6. The first kappa shape index (κ1) is 43.1. The lowest BCUT2D eigenvalue weighted by atomic mass is 9.75. The summed E-state index contributed by atoms with van der Waals surface area (Å²) in [6, 6.07) is 45.4. The average molecular weight is 892 g/mol. The highest BCUT2D eigenvalue weighted by molar-refractivity contribution is 6.31. The van der Waals surface area contributed by atoms with Crippen LogP contribution in [0.4, 0.5) is 11.4 Å². The van der Waals surface area contributed by atoms with Crippen LogP contribution in [0.15, 0.2) is 146 Å². The molecule has 10 heteroatoms. The summed E-state index contributed by atoms with van der Waals surface area (Å²) >= 11 is 12.3. The van der Waals surface area contributed by atoms with Gasteiger partial charge in [-0.1, -0.05) is 136 Å². The molecule has 10 rings (SSSR count). The van der Waals surface area contributed by atoms with E-state index in [9.17, 15) is 29.4 Å². The number of nitrogens with zero attached hydrogens (tertiary/aromatic N) is 2. The van der Waals surface area contributed by atoms with Crippen LogP contribution in [0.2, 0.25) is 10.0 Å². The van der Waals surface area contributed by atoms with E-state index >= 15 is 0 Å². The van der Waals surface area contributed by atoms with Crippen LogP contribution >= 0.6 is 23.2 Å². The van der Waals surface area contributed by atoms with Crippen LogP contribution in [-0.4, -0.2) is 34.0 Å². The lowest BCUT2D eigenvalue weighted by Crippen LogP contribution is -2.38. The second-order valence-corrected chi connectivity index (χ2v) is 19.1. The fraction of sp³-hybridized carbons (Fsp3) is 0.259. The predicted octanol–water partition coefficient (Wildman–Crippen LogP) is 11.6. The van der Waals surface area contributed by atoms with Crippen molar-refractivity contribution >= 4 is 58.3 Å². The molecule has 0 unspecified atom stereocenters. The van der Waals surface area contributed by atoms with Gasteiger partial charge < -0.3 is 20.0 Å². The number of hydrogen-bond donors (Lipinski definition) is 2. The zero-order valence-electron chi connectivity index (χ0n) is 36.0. The molecule has 2 amide bonds. The van der Waals surface area contributed by atoms with Gasteiger partial charge in [0.1, 0.15) is 0 Å². The van der Waals surface area contributed by atoms with Gasteiger partial charge in [0, 0.05) is 32.3 Å². The molecule has 2 N–H and O–H groups in total. The number of para-hydroxylation sites is 2. The molecule has 2 aliphatic heterocycles. The van der Waals surface area contributed by atoms with E-state index in [1.807, 2.05) is 107 Å². The number of anilines is 2. The van der Waals surface area contributed by atoms with Crippen molar-refractivity contribution in [1.82, 2.24) is 0 Å². The van der Waals surface area contributed by atoms with E-state index in [2.05, 4.69) is 39.8 Å².